The Morgan fingerprint density at radius 1 is 1.05 bits per heavy atom. The maximum absolute atomic E-state index is 13.9. The van der Waals surface area contributed by atoms with Gasteiger partial charge in [-0.05, 0) is 145 Å². The first-order valence-electron chi connectivity index (χ1n) is 30.3. The molecular formula is C67H101BN10O3. The van der Waals surface area contributed by atoms with Crippen LogP contribution in [0, 0.1) is 23.7 Å². The van der Waals surface area contributed by atoms with E-state index >= 15 is 0 Å². The number of terminal acetylenes is 1. The highest BCUT2D eigenvalue weighted by Gasteiger charge is 2.44. The molecule has 81 heavy (non-hydrogen) atoms. The van der Waals surface area contributed by atoms with Gasteiger partial charge in [-0.25, -0.2) is 0 Å². The number of fused-ring (bicyclic) bond motifs is 1. The first kappa shape index (κ1) is 66.2. The van der Waals surface area contributed by atoms with Crippen molar-refractivity contribution in [3.8, 4) is 23.6 Å². The van der Waals surface area contributed by atoms with Crippen molar-refractivity contribution < 1.29 is 14.3 Å². The SMILES string of the molecule is C=C/C(=C\C=C/C)C1CCCN1C=O.CC.[B]c1cc(CC(NC(=O)C(C(C)C)N(C)C)C(=C)CCCCNN)nc(-c2ccc3c(c2)C(CC(C)(C)CCC#C)C(c2cc(N4CCN(C5CC5)CC4)cnc2C(C)OC)N3CC)c1. The number of ether oxygens (including phenoxy) is 1. The smallest absolute Gasteiger partial charge is 0.238 e. The van der Waals surface area contributed by atoms with Crippen LogP contribution in [0.25, 0.3) is 11.3 Å². The molecule has 1 saturated carbocycles. The van der Waals surface area contributed by atoms with Crippen LogP contribution < -0.4 is 31.8 Å². The van der Waals surface area contributed by atoms with Gasteiger partial charge in [-0.1, -0.05) is 96.1 Å². The third-order valence-corrected chi connectivity index (χ3v) is 16.7. The van der Waals surface area contributed by atoms with Crippen LogP contribution in [0.4, 0.5) is 11.4 Å². The maximum atomic E-state index is 13.9. The molecule has 14 heteroatoms. The predicted molar refractivity (Wildman–Crippen MR) is 340 cm³/mol. The normalized spacial score (nSPS) is 19.6. The number of anilines is 2. The van der Waals surface area contributed by atoms with Gasteiger partial charge in [0, 0.05) is 100 Å². The van der Waals surface area contributed by atoms with Crippen molar-refractivity contribution in [1.29, 1.82) is 0 Å². The summed E-state index contributed by atoms with van der Waals surface area (Å²) in [4.78, 5) is 46.7. The topological polar surface area (TPSA) is 135 Å². The Balaban J connectivity index is 0.000000651. The lowest BCUT2D eigenvalue weighted by molar-refractivity contribution is -0.127. The summed E-state index contributed by atoms with van der Waals surface area (Å²) in [5.41, 5.74) is 14.0. The zero-order valence-corrected chi connectivity index (χ0v) is 51.8. The van der Waals surface area contributed by atoms with Crippen molar-refractivity contribution >= 4 is 37.0 Å². The number of piperazine rings is 1. The fourth-order valence-electron chi connectivity index (χ4n) is 12.3. The van der Waals surface area contributed by atoms with Gasteiger partial charge in [0.2, 0.25) is 12.3 Å². The molecule has 0 spiro atoms. The number of likely N-dealkylation sites (N-methyl/N-ethyl adjacent to an activating group) is 2. The highest BCUT2D eigenvalue weighted by Crippen LogP contribution is 2.55. The lowest BCUT2D eigenvalue weighted by Gasteiger charge is -2.38. The molecule has 2 radical (unpaired) electrons. The Labute approximate surface area is 491 Å². The molecule has 2 saturated heterocycles. The van der Waals surface area contributed by atoms with E-state index in [1.54, 1.807) is 7.11 Å². The van der Waals surface area contributed by atoms with Crippen LogP contribution in [0.3, 0.4) is 0 Å². The molecule has 6 unspecified atom stereocenters. The van der Waals surface area contributed by atoms with E-state index < -0.39 is 0 Å². The molecule has 5 heterocycles. The molecule has 13 nitrogen and oxygen atoms in total. The standard InChI is InChI=1S/C53H78BN9O2.C12H17NO.C2H6/c1-12-14-22-53(7,8)33-45-43-28-38(47-30-39(54)29-40(58-47)31-46(36(5)17-15-16-23-57-55)59-52(64)50(35(3)4)60(9)10)18-21-48(43)63(13-2)51(45)44-32-42(34-56-49(44)37(6)65-11)62-26-24-61(25-27-62)41-19-20-41;1-3-5-7-11(4-2)12-8-6-9-13(12)10-14;1-2/h1,18,21,28-30,32,34-35,37,41,45-46,50-51,57H,5,13-17,19-20,22-27,31,33,55H2,2-4,6-11H3,(H,59,64);3-5,7,10,12H,2,6,8-9H2,1H3;1-2H3/b;5-3-,11-7+;. The van der Waals surface area contributed by atoms with Crippen LogP contribution in [-0.4, -0.2) is 136 Å². The summed E-state index contributed by atoms with van der Waals surface area (Å²) in [6, 6.07) is 13.6. The monoisotopic (exact) mass is 1100 g/mol. The molecule has 7 rings (SSSR count). The van der Waals surface area contributed by atoms with Crippen LogP contribution in [-0.2, 0) is 20.7 Å². The summed E-state index contributed by atoms with van der Waals surface area (Å²) in [5.74, 6) is 8.72. The number of methoxy groups -OCH3 is 1. The second-order valence-corrected chi connectivity index (χ2v) is 23.6. The quantitative estimate of drug-likeness (QED) is 0.00984. The number of hydrazine groups is 1. The Bertz CT molecular complexity index is 2600. The molecule has 4 N–H and O–H groups in total. The number of nitrogens with zero attached hydrogens (tertiary/aromatic N) is 7. The number of rotatable bonds is 27. The second-order valence-electron chi connectivity index (χ2n) is 23.6. The van der Waals surface area contributed by atoms with Crippen molar-refractivity contribution in [2.24, 2.45) is 17.2 Å². The first-order chi connectivity index (χ1) is 38.9. The number of hydrogen-bond donors (Lipinski definition) is 3. The predicted octanol–water partition coefficient (Wildman–Crippen LogP) is 10.5. The average molecular weight is 1110 g/mol. The van der Waals surface area contributed by atoms with Crippen molar-refractivity contribution in [3.63, 3.8) is 0 Å². The molecule has 2 aromatic heterocycles. The van der Waals surface area contributed by atoms with E-state index in [0.717, 1.165) is 143 Å². The highest BCUT2D eigenvalue weighted by molar-refractivity contribution is 6.32. The van der Waals surface area contributed by atoms with E-state index in [9.17, 15) is 9.59 Å². The van der Waals surface area contributed by atoms with E-state index in [1.165, 1.54) is 35.3 Å². The Kier molecular flexibility index (Phi) is 26.4. The molecule has 3 aliphatic heterocycles. The van der Waals surface area contributed by atoms with Crippen LogP contribution in [0.15, 0.2) is 91.2 Å². The number of amides is 2. The lowest BCUT2D eigenvalue weighted by Crippen LogP contribution is -2.50. The number of aromatic nitrogens is 2. The summed E-state index contributed by atoms with van der Waals surface area (Å²) < 4.78 is 6.05. The number of benzene rings is 1. The van der Waals surface area contributed by atoms with E-state index in [1.807, 2.05) is 81.1 Å². The molecule has 3 aromatic rings. The summed E-state index contributed by atoms with van der Waals surface area (Å²) in [6.45, 7) is 34.1. The number of likely N-dealkylation sites (tertiary alicyclic amines) is 1. The fourth-order valence-corrected chi connectivity index (χ4v) is 12.3. The second kappa shape index (κ2) is 32.3. The van der Waals surface area contributed by atoms with Crippen molar-refractivity contribution in [3.05, 3.63) is 114 Å². The van der Waals surface area contributed by atoms with Gasteiger partial charge >= 0.3 is 0 Å². The lowest BCUT2D eigenvalue weighted by atomic mass is 9.74. The number of hydrogen-bond acceptors (Lipinski definition) is 11. The summed E-state index contributed by atoms with van der Waals surface area (Å²) in [6.07, 6.45) is 27.0. The third-order valence-electron chi connectivity index (χ3n) is 16.7. The molecule has 440 valence electrons. The summed E-state index contributed by atoms with van der Waals surface area (Å²) in [5, 5.41) is 3.37. The van der Waals surface area contributed by atoms with Gasteiger partial charge in [-0.15, -0.1) is 12.3 Å². The van der Waals surface area contributed by atoms with Gasteiger partial charge in [0.25, 0.3) is 0 Å². The molecule has 1 aromatic carbocycles. The Morgan fingerprint density at radius 2 is 1.78 bits per heavy atom. The van der Waals surface area contributed by atoms with Crippen LogP contribution >= 0.6 is 0 Å². The van der Waals surface area contributed by atoms with Crippen molar-refractivity contribution in [2.75, 3.05) is 76.8 Å². The number of allylic oxidation sites excluding steroid dienone is 3. The van der Waals surface area contributed by atoms with Crippen molar-refractivity contribution in [1.82, 2.24) is 35.4 Å². The van der Waals surface area contributed by atoms with E-state index in [-0.39, 0.29) is 53.4 Å². The largest absolute Gasteiger partial charge is 0.375 e. The minimum absolute atomic E-state index is 0.0197. The third kappa shape index (κ3) is 18.0. The number of pyridine rings is 2. The number of unbranched alkanes of at least 4 members (excludes halogenated alkanes) is 1. The van der Waals surface area contributed by atoms with Gasteiger partial charge < -0.3 is 24.8 Å². The zero-order valence-electron chi connectivity index (χ0n) is 51.8. The zero-order chi connectivity index (χ0) is 59.4. The van der Waals surface area contributed by atoms with Crippen LogP contribution in [0.5, 0.6) is 0 Å². The first-order valence-corrected chi connectivity index (χ1v) is 30.3. The molecule has 6 atom stereocenters. The molecular weight excluding hydrogens is 1000 g/mol. The van der Waals surface area contributed by atoms with Crippen LogP contribution in [0.1, 0.15) is 167 Å². The summed E-state index contributed by atoms with van der Waals surface area (Å²) >= 11 is 0. The summed E-state index contributed by atoms with van der Waals surface area (Å²) in [7, 11) is 12.4. The van der Waals surface area contributed by atoms with Crippen molar-refractivity contribution in [2.45, 2.75) is 175 Å². The average Bonchev–Trinajstić information content (AvgIpc) is 4.19. The van der Waals surface area contributed by atoms with Gasteiger partial charge in [-0.3, -0.25) is 40.6 Å². The van der Waals surface area contributed by atoms with Gasteiger partial charge in [-0.2, -0.15) is 0 Å². The Hall–Kier alpha value is -5.56. The van der Waals surface area contributed by atoms with Crippen LogP contribution in [0.2, 0.25) is 0 Å². The number of nitrogens with two attached hydrogens (primary N) is 1. The van der Waals surface area contributed by atoms with E-state index in [2.05, 4.69) is 117 Å². The molecule has 1 aliphatic carbocycles. The molecule has 2 amide bonds. The van der Waals surface area contributed by atoms with Gasteiger partial charge in [0.1, 0.15) is 7.85 Å². The van der Waals surface area contributed by atoms with E-state index in [0.29, 0.717) is 11.9 Å². The number of carbonyl (C=O) groups is 2. The minimum atomic E-state index is -0.319. The molecule has 3 fully saturated rings. The number of nitrogens with one attached hydrogen (secondary N) is 2. The minimum Gasteiger partial charge on any atom is -0.375 e. The molecule has 4 aliphatic rings. The number of carbonyl (C=O) groups excluding carboxylic acids is 2. The fraction of sp³-hybridized carbons (Fsp3) is 0.582. The van der Waals surface area contributed by atoms with E-state index in [4.69, 9.17) is 34.8 Å². The highest BCUT2D eigenvalue weighted by atomic mass is 16.5. The Morgan fingerprint density at radius 3 is 2.38 bits per heavy atom. The maximum Gasteiger partial charge on any atom is 0.238 e. The molecule has 0 bridgehead atoms. The van der Waals surface area contributed by atoms with Gasteiger partial charge in [0.15, 0.2) is 0 Å². The van der Waals surface area contributed by atoms with Gasteiger partial charge in [0.05, 0.1) is 53.5 Å².